The molecule has 0 saturated carbocycles. The number of hydrogen-bond donors (Lipinski definition) is 3. The second-order valence-electron chi connectivity index (χ2n) is 4.58. The van der Waals surface area contributed by atoms with Crippen molar-refractivity contribution in [3.8, 4) is 0 Å². The van der Waals surface area contributed by atoms with Gasteiger partial charge in [0.25, 0.3) is 5.69 Å². The number of nitrogens with zero attached hydrogens (tertiary/aromatic N) is 1. The Hall–Kier alpha value is -1.87. The summed E-state index contributed by atoms with van der Waals surface area (Å²) >= 11 is 0. The highest BCUT2D eigenvalue weighted by Crippen LogP contribution is 2.34. The average molecular weight is 308 g/mol. The third-order valence-corrected chi connectivity index (χ3v) is 2.69. The maximum absolute atomic E-state index is 12.5. The summed E-state index contributed by atoms with van der Waals surface area (Å²) in [6, 6.07) is 2.37. The molecule has 1 aromatic carbocycles. The molecular formula is C12H17F3N3O3+. The fraction of sp³-hybridized carbons (Fsp3) is 0.500. The van der Waals surface area contributed by atoms with Gasteiger partial charge in [0.1, 0.15) is 12.2 Å². The molecule has 0 bridgehead atoms. The van der Waals surface area contributed by atoms with Crippen molar-refractivity contribution in [3.63, 3.8) is 0 Å². The van der Waals surface area contributed by atoms with E-state index in [1.807, 2.05) is 0 Å². The first-order valence-corrected chi connectivity index (χ1v) is 6.31. The summed E-state index contributed by atoms with van der Waals surface area (Å²) in [6.07, 6.45) is -5.08. The van der Waals surface area contributed by atoms with Crippen LogP contribution in [0.3, 0.4) is 0 Å². The number of nitrogens with two attached hydrogens (primary N) is 1. The van der Waals surface area contributed by atoms with Gasteiger partial charge in [0.05, 0.1) is 29.7 Å². The number of quaternary nitrogens is 1. The van der Waals surface area contributed by atoms with E-state index in [4.69, 9.17) is 5.11 Å². The molecule has 1 aromatic rings. The SMILES string of the molecule is C[C@@H](O)C[NH2+]CCNc1ccc(C(F)(F)F)cc1[N+](=O)[O-]. The quantitative estimate of drug-likeness (QED) is 0.397. The molecule has 1 rings (SSSR count). The monoisotopic (exact) mass is 308 g/mol. The van der Waals surface area contributed by atoms with Crippen LogP contribution in [0, 0.1) is 10.1 Å². The number of benzene rings is 1. The van der Waals surface area contributed by atoms with Crippen molar-refractivity contribution < 1.29 is 28.5 Å². The largest absolute Gasteiger partial charge is 0.416 e. The first-order valence-electron chi connectivity index (χ1n) is 6.31. The van der Waals surface area contributed by atoms with Crippen LogP contribution in [0.5, 0.6) is 0 Å². The number of rotatable bonds is 7. The van der Waals surface area contributed by atoms with Gasteiger partial charge < -0.3 is 15.7 Å². The zero-order valence-electron chi connectivity index (χ0n) is 11.4. The molecule has 0 fully saturated rings. The summed E-state index contributed by atoms with van der Waals surface area (Å²) in [7, 11) is 0. The van der Waals surface area contributed by atoms with Crippen LogP contribution in [0.2, 0.25) is 0 Å². The predicted molar refractivity (Wildman–Crippen MR) is 69.9 cm³/mol. The molecule has 9 heteroatoms. The number of halogens is 3. The Bertz CT molecular complexity index is 492. The standard InChI is InChI=1S/C12H16F3N3O3/c1-8(19)7-16-4-5-17-10-3-2-9(12(13,14)15)6-11(10)18(20)21/h2-3,6,8,16-17,19H,4-5,7H2,1H3/p+1/t8-/m1/s1. The van der Waals surface area contributed by atoms with E-state index in [2.05, 4.69) is 5.32 Å². The van der Waals surface area contributed by atoms with Crippen molar-refractivity contribution in [2.75, 3.05) is 25.0 Å². The molecule has 4 N–H and O–H groups in total. The Morgan fingerprint density at radius 1 is 1.48 bits per heavy atom. The lowest BCUT2D eigenvalue weighted by Gasteiger charge is -2.10. The fourth-order valence-electron chi connectivity index (χ4n) is 1.68. The topological polar surface area (TPSA) is 92.0 Å². The minimum Gasteiger partial charge on any atom is -0.388 e. The van der Waals surface area contributed by atoms with E-state index in [-0.39, 0.29) is 5.69 Å². The van der Waals surface area contributed by atoms with Gasteiger partial charge in [-0.3, -0.25) is 10.1 Å². The Kier molecular flexibility index (Phi) is 5.91. The third kappa shape index (κ3) is 5.56. The molecule has 118 valence electrons. The maximum Gasteiger partial charge on any atom is 0.416 e. The van der Waals surface area contributed by atoms with Crippen molar-refractivity contribution in [2.24, 2.45) is 0 Å². The summed E-state index contributed by atoms with van der Waals surface area (Å²) in [5, 5.41) is 24.4. The molecular weight excluding hydrogens is 291 g/mol. The lowest BCUT2D eigenvalue weighted by molar-refractivity contribution is -0.657. The number of nitro benzene ring substituents is 1. The highest BCUT2D eigenvalue weighted by molar-refractivity contribution is 5.62. The van der Waals surface area contributed by atoms with Crippen LogP contribution in [0.4, 0.5) is 24.5 Å². The van der Waals surface area contributed by atoms with Crippen LogP contribution in [0.1, 0.15) is 12.5 Å². The molecule has 0 heterocycles. The number of anilines is 1. The van der Waals surface area contributed by atoms with Crippen LogP contribution < -0.4 is 10.6 Å². The summed E-state index contributed by atoms with van der Waals surface area (Å²) in [4.78, 5) is 9.99. The molecule has 0 aliphatic carbocycles. The van der Waals surface area contributed by atoms with Crippen LogP contribution >= 0.6 is 0 Å². The van der Waals surface area contributed by atoms with Gasteiger partial charge in [0.15, 0.2) is 0 Å². The molecule has 0 amide bonds. The van der Waals surface area contributed by atoms with Crippen LogP contribution in [-0.4, -0.2) is 35.8 Å². The zero-order chi connectivity index (χ0) is 16.0. The molecule has 21 heavy (non-hydrogen) atoms. The lowest BCUT2D eigenvalue weighted by Crippen LogP contribution is -2.87. The van der Waals surface area contributed by atoms with Crippen LogP contribution in [-0.2, 0) is 6.18 Å². The van der Waals surface area contributed by atoms with Gasteiger partial charge in [-0.05, 0) is 19.1 Å². The zero-order valence-corrected chi connectivity index (χ0v) is 11.4. The van der Waals surface area contributed by atoms with Crippen molar-refractivity contribution in [1.82, 2.24) is 0 Å². The molecule has 0 saturated heterocycles. The predicted octanol–water partition coefficient (Wildman–Crippen LogP) is 0.970. The second kappa shape index (κ2) is 7.23. The van der Waals surface area contributed by atoms with E-state index in [0.717, 1.165) is 12.1 Å². The van der Waals surface area contributed by atoms with Crippen LogP contribution in [0.25, 0.3) is 0 Å². The maximum atomic E-state index is 12.5. The average Bonchev–Trinajstić information content (AvgIpc) is 2.36. The first-order chi connectivity index (χ1) is 9.71. The Labute approximate surface area is 119 Å². The smallest absolute Gasteiger partial charge is 0.388 e. The Morgan fingerprint density at radius 3 is 2.67 bits per heavy atom. The molecule has 6 nitrogen and oxygen atoms in total. The second-order valence-corrected chi connectivity index (χ2v) is 4.58. The molecule has 0 aromatic heterocycles. The first kappa shape index (κ1) is 17.2. The summed E-state index contributed by atoms with van der Waals surface area (Å²) in [6.45, 7) is 2.98. The van der Waals surface area contributed by atoms with Crippen molar-refractivity contribution in [3.05, 3.63) is 33.9 Å². The molecule has 0 aliphatic rings. The van der Waals surface area contributed by atoms with E-state index in [1.165, 1.54) is 0 Å². The molecule has 0 spiro atoms. The number of aliphatic hydroxyl groups is 1. The van der Waals surface area contributed by atoms with Crippen molar-refractivity contribution in [2.45, 2.75) is 19.2 Å². The molecule has 0 aliphatic heterocycles. The minimum absolute atomic E-state index is 0.0402. The molecule has 0 unspecified atom stereocenters. The van der Waals surface area contributed by atoms with E-state index in [0.29, 0.717) is 25.7 Å². The highest BCUT2D eigenvalue weighted by atomic mass is 19.4. The Morgan fingerprint density at radius 2 is 2.14 bits per heavy atom. The summed E-state index contributed by atoms with van der Waals surface area (Å²) < 4.78 is 37.6. The van der Waals surface area contributed by atoms with Gasteiger partial charge in [0, 0.05) is 6.07 Å². The number of nitro groups is 1. The van der Waals surface area contributed by atoms with Gasteiger partial charge in [-0.1, -0.05) is 0 Å². The van der Waals surface area contributed by atoms with Crippen molar-refractivity contribution in [1.29, 1.82) is 0 Å². The highest BCUT2D eigenvalue weighted by Gasteiger charge is 2.32. The van der Waals surface area contributed by atoms with E-state index < -0.39 is 28.5 Å². The fourth-order valence-corrected chi connectivity index (χ4v) is 1.68. The van der Waals surface area contributed by atoms with E-state index in [1.54, 1.807) is 12.2 Å². The molecule has 1 atom stereocenters. The summed E-state index contributed by atoms with van der Waals surface area (Å²) in [5.41, 5.74) is -1.63. The van der Waals surface area contributed by atoms with E-state index in [9.17, 15) is 23.3 Å². The van der Waals surface area contributed by atoms with Gasteiger partial charge in [0.2, 0.25) is 0 Å². The van der Waals surface area contributed by atoms with Gasteiger partial charge in [-0.15, -0.1) is 0 Å². The van der Waals surface area contributed by atoms with Gasteiger partial charge in [-0.2, -0.15) is 13.2 Å². The summed E-state index contributed by atoms with van der Waals surface area (Å²) in [5.74, 6) is 0. The number of nitrogens with one attached hydrogen (secondary N) is 1. The molecule has 0 radical (unpaired) electrons. The van der Waals surface area contributed by atoms with E-state index >= 15 is 0 Å². The normalized spacial score (nSPS) is 13.0. The number of hydrogen-bond acceptors (Lipinski definition) is 4. The van der Waals surface area contributed by atoms with Crippen molar-refractivity contribution >= 4 is 11.4 Å². The number of aliphatic hydroxyl groups excluding tert-OH is 1. The van der Waals surface area contributed by atoms with Crippen LogP contribution in [0.15, 0.2) is 18.2 Å². The number of alkyl halides is 3. The third-order valence-electron chi connectivity index (χ3n) is 2.69. The lowest BCUT2D eigenvalue weighted by atomic mass is 10.1. The van der Waals surface area contributed by atoms with Gasteiger partial charge in [-0.25, -0.2) is 0 Å². The van der Waals surface area contributed by atoms with Gasteiger partial charge >= 0.3 is 6.18 Å². The Balaban J connectivity index is 2.72. The minimum atomic E-state index is -4.62.